The summed E-state index contributed by atoms with van der Waals surface area (Å²) in [5.74, 6) is -1.00. The Balaban J connectivity index is 2.79. The number of alkyl carbamates (subject to hydrolysis) is 1. The van der Waals surface area contributed by atoms with Crippen LogP contribution in [0.3, 0.4) is 0 Å². The van der Waals surface area contributed by atoms with Gasteiger partial charge in [-0.2, -0.15) is 0 Å². The van der Waals surface area contributed by atoms with Crippen LogP contribution in [0.15, 0.2) is 36.7 Å². The molecule has 1 unspecified atom stereocenters. The van der Waals surface area contributed by atoms with E-state index in [2.05, 4.69) is 22.2 Å². The molecule has 0 bridgehead atoms. The van der Waals surface area contributed by atoms with Crippen LogP contribution in [0.5, 0.6) is 0 Å². The van der Waals surface area contributed by atoms with Gasteiger partial charge in [0.2, 0.25) is 0 Å². The van der Waals surface area contributed by atoms with Crippen molar-refractivity contribution in [1.82, 2.24) is 15.6 Å². The molecule has 1 aromatic heterocycles. The summed E-state index contributed by atoms with van der Waals surface area (Å²) in [6.07, 6.45) is 2.78. The highest BCUT2D eigenvalue weighted by Gasteiger charge is 2.38. The fraction of sp³-hybridized carbons (Fsp3) is 0.524. The van der Waals surface area contributed by atoms with E-state index in [-0.39, 0.29) is 6.54 Å². The van der Waals surface area contributed by atoms with Crippen LogP contribution < -0.4 is 10.6 Å². The van der Waals surface area contributed by atoms with E-state index in [9.17, 15) is 14.4 Å². The molecule has 1 atom stereocenters. The molecule has 8 nitrogen and oxygen atoms in total. The van der Waals surface area contributed by atoms with Crippen LogP contribution in [0.2, 0.25) is 0 Å². The second kappa shape index (κ2) is 10.0. The van der Waals surface area contributed by atoms with Gasteiger partial charge in [0.05, 0.1) is 12.7 Å². The van der Waals surface area contributed by atoms with E-state index >= 15 is 0 Å². The number of carbonyl (C=O) groups excluding carboxylic acids is 3. The predicted molar refractivity (Wildman–Crippen MR) is 109 cm³/mol. The maximum absolute atomic E-state index is 12.5. The van der Waals surface area contributed by atoms with Crippen LogP contribution in [0.4, 0.5) is 4.79 Å². The smallest absolute Gasteiger partial charge is 0.407 e. The first kappa shape index (κ1) is 24.1. The minimum absolute atomic E-state index is 0.183. The number of rotatable bonds is 8. The Kier molecular flexibility index (Phi) is 8.36. The Bertz CT molecular complexity index is 738. The molecule has 0 aromatic carbocycles. The van der Waals surface area contributed by atoms with Crippen LogP contribution in [-0.4, -0.2) is 48.3 Å². The van der Waals surface area contributed by atoms with Gasteiger partial charge >= 0.3 is 12.1 Å². The van der Waals surface area contributed by atoms with Crippen molar-refractivity contribution >= 4 is 18.0 Å². The normalized spacial score (nSPS) is 12.5. The van der Waals surface area contributed by atoms with Crippen LogP contribution >= 0.6 is 0 Å². The number of hydrogen-bond acceptors (Lipinski definition) is 6. The van der Waals surface area contributed by atoms with E-state index in [1.807, 2.05) is 13.8 Å². The Morgan fingerprint density at radius 1 is 1.21 bits per heavy atom. The molecular weight excluding hydrogens is 374 g/mol. The molecule has 0 saturated carbocycles. The molecule has 0 saturated heterocycles. The van der Waals surface area contributed by atoms with Gasteiger partial charge in [0, 0.05) is 18.9 Å². The molecule has 2 amide bonds. The summed E-state index contributed by atoms with van der Waals surface area (Å²) in [7, 11) is 1.26. The Labute approximate surface area is 172 Å². The Morgan fingerprint density at radius 3 is 2.38 bits per heavy atom. The number of ether oxygens (including phenoxy) is 2. The van der Waals surface area contributed by atoms with E-state index in [0.29, 0.717) is 17.6 Å². The summed E-state index contributed by atoms with van der Waals surface area (Å²) in [5, 5.41) is 5.36. The van der Waals surface area contributed by atoms with Crippen molar-refractivity contribution in [2.75, 3.05) is 13.7 Å². The van der Waals surface area contributed by atoms with Gasteiger partial charge in [0.15, 0.2) is 0 Å². The molecular formula is C21H31N3O5. The molecule has 0 aliphatic rings. The summed E-state index contributed by atoms with van der Waals surface area (Å²) in [4.78, 5) is 40.6. The second-order valence-corrected chi connectivity index (χ2v) is 8.44. The highest BCUT2D eigenvalue weighted by atomic mass is 16.6. The number of nitrogens with zero attached hydrogens (tertiary/aromatic N) is 1. The van der Waals surface area contributed by atoms with Gasteiger partial charge in [0.1, 0.15) is 11.6 Å². The quantitative estimate of drug-likeness (QED) is 0.509. The predicted octanol–water partition coefficient (Wildman–Crippen LogP) is 2.85. The lowest BCUT2D eigenvalue weighted by Gasteiger charge is -2.33. The van der Waals surface area contributed by atoms with Crippen LogP contribution in [0, 0.1) is 5.41 Å². The third kappa shape index (κ3) is 8.33. The average molecular weight is 405 g/mol. The number of pyridine rings is 1. The zero-order valence-electron chi connectivity index (χ0n) is 18.0. The van der Waals surface area contributed by atoms with Gasteiger partial charge in [0.25, 0.3) is 5.91 Å². The lowest BCUT2D eigenvalue weighted by molar-refractivity contribution is -0.146. The van der Waals surface area contributed by atoms with Gasteiger partial charge in [-0.25, -0.2) is 9.59 Å². The van der Waals surface area contributed by atoms with Crippen LogP contribution in [0.25, 0.3) is 0 Å². The van der Waals surface area contributed by atoms with Crippen LogP contribution in [-0.2, 0) is 14.3 Å². The fourth-order valence-corrected chi connectivity index (χ4v) is 2.72. The number of hydrogen-bond donors (Lipinski definition) is 2. The maximum atomic E-state index is 12.5. The largest absolute Gasteiger partial charge is 0.467 e. The minimum atomic E-state index is -0.918. The second-order valence-electron chi connectivity index (χ2n) is 8.44. The molecule has 1 rings (SSSR count). The van der Waals surface area contributed by atoms with Gasteiger partial charge in [-0.15, -0.1) is 0 Å². The van der Waals surface area contributed by atoms with Gasteiger partial charge in [-0.1, -0.05) is 26.0 Å². The van der Waals surface area contributed by atoms with Crippen LogP contribution in [0.1, 0.15) is 51.4 Å². The maximum Gasteiger partial charge on any atom is 0.407 e. The molecule has 29 heavy (non-hydrogen) atoms. The number of nitrogens with one attached hydrogen (secondary N) is 2. The highest BCUT2D eigenvalue weighted by Crippen LogP contribution is 2.30. The summed E-state index contributed by atoms with van der Waals surface area (Å²) in [6, 6.07) is 2.32. The molecule has 8 heteroatoms. The fourth-order valence-electron chi connectivity index (χ4n) is 2.72. The van der Waals surface area contributed by atoms with Crippen molar-refractivity contribution in [3.8, 4) is 0 Å². The summed E-state index contributed by atoms with van der Waals surface area (Å²) in [5.41, 5.74) is -0.317. The Hall–Kier alpha value is -2.90. The minimum Gasteiger partial charge on any atom is -0.467 e. The molecule has 160 valence electrons. The molecule has 0 aliphatic carbocycles. The number of esters is 1. The van der Waals surface area contributed by atoms with Crippen molar-refractivity contribution in [3.63, 3.8) is 0 Å². The first-order valence-corrected chi connectivity index (χ1v) is 9.28. The molecule has 0 radical (unpaired) electrons. The molecule has 0 fully saturated rings. The third-order valence-corrected chi connectivity index (χ3v) is 4.00. The molecule has 1 aromatic rings. The highest BCUT2D eigenvalue weighted by molar-refractivity contribution is 5.96. The van der Waals surface area contributed by atoms with Crippen molar-refractivity contribution in [2.45, 2.75) is 52.7 Å². The monoisotopic (exact) mass is 405 g/mol. The first-order valence-electron chi connectivity index (χ1n) is 9.28. The van der Waals surface area contributed by atoms with E-state index in [4.69, 9.17) is 9.47 Å². The number of methoxy groups -OCH3 is 1. The number of carbonyl (C=O) groups is 3. The van der Waals surface area contributed by atoms with Gasteiger partial charge in [-0.3, -0.25) is 9.78 Å². The zero-order chi connectivity index (χ0) is 22.2. The number of aromatic nitrogens is 1. The van der Waals surface area contributed by atoms with E-state index in [1.54, 1.807) is 39.1 Å². The molecule has 0 aliphatic heterocycles. The average Bonchev–Trinajstić information content (AvgIpc) is 2.62. The SMILES string of the molecule is C=C(CNC(=O)OC(C)(C)C)CC(C)(C)C(NC(=O)c1cccnc1)C(=O)OC. The number of amides is 2. The topological polar surface area (TPSA) is 107 Å². The zero-order valence-corrected chi connectivity index (χ0v) is 18.0. The molecule has 1 heterocycles. The van der Waals surface area contributed by atoms with Crippen molar-refractivity contribution in [3.05, 3.63) is 42.2 Å². The van der Waals surface area contributed by atoms with E-state index in [0.717, 1.165) is 0 Å². The molecule has 0 spiro atoms. The van der Waals surface area contributed by atoms with Crippen molar-refractivity contribution in [1.29, 1.82) is 0 Å². The standard InChI is InChI=1S/C21H31N3O5/c1-14(12-23-19(27)29-20(2,3)4)11-21(5,6)16(18(26)28-7)24-17(25)15-9-8-10-22-13-15/h8-10,13,16H,1,11-12H2,2-7H3,(H,23,27)(H,24,25). The van der Waals surface area contributed by atoms with Crippen molar-refractivity contribution in [2.24, 2.45) is 5.41 Å². The third-order valence-electron chi connectivity index (χ3n) is 4.00. The molecule has 2 N–H and O–H groups in total. The Morgan fingerprint density at radius 2 is 1.86 bits per heavy atom. The van der Waals surface area contributed by atoms with Crippen molar-refractivity contribution < 1.29 is 23.9 Å². The van der Waals surface area contributed by atoms with E-state index < -0.39 is 35.0 Å². The van der Waals surface area contributed by atoms with E-state index in [1.165, 1.54) is 13.3 Å². The summed E-state index contributed by atoms with van der Waals surface area (Å²) < 4.78 is 10.1. The lowest BCUT2D eigenvalue weighted by Crippen LogP contribution is -2.51. The lowest BCUT2D eigenvalue weighted by atomic mass is 9.78. The summed E-state index contributed by atoms with van der Waals surface area (Å²) >= 11 is 0. The van der Waals surface area contributed by atoms with Gasteiger partial charge < -0.3 is 20.1 Å². The first-order chi connectivity index (χ1) is 13.4. The summed E-state index contributed by atoms with van der Waals surface area (Å²) in [6.45, 7) is 13.1. The van der Waals surface area contributed by atoms with Gasteiger partial charge in [-0.05, 0) is 44.7 Å².